The second-order valence-corrected chi connectivity index (χ2v) is 8.68. The number of nitrogens with zero attached hydrogens (tertiary/aromatic N) is 6. The van der Waals surface area contributed by atoms with Gasteiger partial charge in [0.1, 0.15) is 12.6 Å². The van der Waals surface area contributed by atoms with Crippen LogP contribution in [-0.4, -0.2) is 87.2 Å². The van der Waals surface area contributed by atoms with Gasteiger partial charge in [-0.2, -0.15) is 0 Å². The molecule has 0 atom stereocenters. The summed E-state index contributed by atoms with van der Waals surface area (Å²) in [5.41, 5.74) is 2.71. The molecule has 0 saturated carbocycles. The molecule has 5 rings (SSSR count). The maximum absolute atomic E-state index is 13.2. The molecule has 9 heteroatoms. The van der Waals surface area contributed by atoms with Crippen LogP contribution in [0.1, 0.15) is 51.7 Å². The number of amides is 2. The Labute approximate surface area is 186 Å². The van der Waals surface area contributed by atoms with Crippen LogP contribution in [0.3, 0.4) is 0 Å². The van der Waals surface area contributed by atoms with Crippen LogP contribution in [0.5, 0.6) is 0 Å². The summed E-state index contributed by atoms with van der Waals surface area (Å²) < 4.78 is 7.00. The van der Waals surface area contributed by atoms with Crippen LogP contribution >= 0.6 is 0 Å². The summed E-state index contributed by atoms with van der Waals surface area (Å²) in [5.74, 6) is 0.238. The summed E-state index contributed by atoms with van der Waals surface area (Å²) in [6.45, 7) is 4.67. The average molecular weight is 437 g/mol. The molecule has 0 radical (unpaired) electrons. The highest BCUT2D eigenvalue weighted by Gasteiger charge is 2.28. The Morgan fingerprint density at radius 1 is 0.969 bits per heavy atom. The Hall–Kier alpha value is -3.20. The van der Waals surface area contributed by atoms with Gasteiger partial charge in [0.15, 0.2) is 11.3 Å². The lowest BCUT2D eigenvalue weighted by molar-refractivity contribution is 0.0709. The van der Waals surface area contributed by atoms with E-state index in [1.165, 1.54) is 12.5 Å². The van der Waals surface area contributed by atoms with Crippen LogP contribution in [-0.2, 0) is 0 Å². The lowest BCUT2D eigenvalue weighted by Gasteiger charge is -2.32. The average Bonchev–Trinajstić information content (AvgIpc) is 3.46. The predicted molar refractivity (Wildman–Crippen MR) is 118 cm³/mol. The molecular weight excluding hydrogens is 408 g/mol. The number of hydrogen-bond donors (Lipinski definition) is 0. The van der Waals surface area contributed by atoms with Gasteiger partial charge >= 0.3 is 0 Å². The standard InChI is InChI=1S/C23H28N6O3/c1-26-8-2-9-27(13-12-26)23(31)20-21-24-7-3-19(29(21)16-25-20)17-4-10-28(11-5-17)22(30)18-6-14-32-15-18/h3,6-7,14-17H,2,4-5,8-13H2,1H3. The number of piperidine rings is 1. The molecule has 2 aliphatic heterocycles. The van der Waals surface area contributed by atoms with E-state index in [9.17, 15) is 9.59 Å². The quantitative estimate of drug-likeness (QED) is 0.625. The summed E-state index contributed by atoms with van der Waals surface area (Å²) >= 11 is 0. The van der Waals surface area contributed by atoms with Gasteiger partial charge in [-0.25, -0.2) is 9.97 Å². The Morgan fingerprint density at radius 3 is 2.56 bits per heavy atom. The fourth-order valence-corrected chi connectivity index (χ4v) is 4.75. The van der Waals surface area contributed by atoms with Gasteiger partial charge in [0.25, 0.3) is 11.8 Å². The third-order valence-electron chi connectivity index (χ3n) is 6.64. The molecule has 9 nitrogen and oxygen atoms in total. The molecule has 0 N–H and O–H groups in total. The van der Waals surface area contributed by atoms with Gasteiger partial charge in [-0.1, -0.05) is 0 Å². The summed E-state index contributed by atoms with van der Waals surface area (Å²) in [6, 6.07) is 3.70. The third-order valence-corrected chi connectivity index (χ3v) is 6.64. The zero-order valence-corrected chi connectivity index (χ0v) is 18.3. The number of carbonyl (C=O) groups is 2. The topological polar surface area (TPSA) is 87.2 Å². The van der Waals surface area contributed by atoms with E-state index >= 15 is 0 Å². The van der Waals surface area contributed by atoms with Crippen LogP contribution in [0.25, 0.3) is 5.65 Å². The number of fused-ring (bicyclic) bond motifs is 1. The number of likely N-dealkylation sites (tertiary alicyclic amines) is 1. The van der Waals surface area contributed by atoms with E-state index in [-0.39, 0.29) is 17.7 Å². The summed E-state index contributed by atoms with van der Waals surface area (Å²) in [6.07, 6.45) is 9.16. The first kappa shape index (κ1) is 20.7. The largest absolute Gasteiger partial charge is 0.472 e. The van der Waals surface area contributed by atoms with Crippen molar-refractivity contribution < 1.29 is 14.0 Å². The molecule has 5 heterocycles. The Kier molecular flexibility index (Phi) is 5.65. The molecule has 2 saturated heterocycles. The molecule has 0 aromatic carbocycles. The summed E-state index contributed by atoms with van der Waals surface area (Å²) in [4.78, 5) is 40.8. The van der Waals surface area contributed by atoms with Crippen LogP contribution < -0.4 is 0 Å². The van der Waals surface area contributed by atoms with Crippen LogP contribution in [0.4, 0.5) is 0 Å². The molecular formula is C23H28N6O3. The number of likely N-dealkylation sites (N-methyl/N-ethyl adjacent to an activating group) is 1. The van der Waals surface area contributed by atoms with Crippen molar-refractivity contribution in [1.82, 2.24) is 29.1 Å². The lowest BCUT2D eigenvalue weighted by Crippen LogP contribution is -2.38. The van der Waals surface area contributed by atoms with Crippen molar-refractivity contribution in [2.45, 2.75) is 25.2 Å². The first-order chi connectivity index (χ1) is 15.6. The smallest absolute Gasteiger partial charge is 0.276 e. The summed E-state index contributed by atoms with van der Waals surface area (Å²) in [7, 11) is 2.09. The molecule has 2 aliphatic rings. The maximum atomic E-state index is 13.2. The Morgan fingerprint density at radius 2 is 1.78 bits per heavy atom. The molecule has 2 amide bonds. The number of furan rings is 1. The van der Waals surface area contributed by atoms with Crippen molar-refractivity contribution in [3.05, 3.63) is 54.1 Å². The second kappa shape index (κ2) is 8.74. The first-order valence-corrected chi connectivity index (χ1v) is 11.2. The zero-order chi connectivity index (χ0) is 22.1. The fraction of sp³-hybridized carbons (Fsp3) is 0.478. The molecule has 3 aromatic rings. The molecule has 2 fully saturated rings. The van der Waals surface area contributed by atoms with Crippen molar-refractivity contribution in [2.75, 3.05) is 46.3 Å². The zero-order valence-electron chi connectivity index (χ0n) is 18.3. The number of carbonyl (C=O) groups excluding carboxylic acids is 2. The molecule has 32 heavy (non-hydrogen) atoms. The molecule has 0 bridgehead atoms. The molecule has 0 aliphatic carbocycles. The van der Waals surface area contributed by atoms with Gasteiger partial charge in [-0.05, 0) is 45.0 Å². The Bertz CT molecular complexity index is 1100. The minimum atomic E-state index is -0.0482. The van der Waals surface area contributed by atoms with E-state index < -0.39 is 0 Å². The molecule has 168 valence electrons. The van der Waals surface area contributed by atoms with E-state index in [2.05, 4.69) is 21.9 Å². The fourth-order valence-electron chi connectivity index (χ4n) is 4.75. The third kappa shape index (κ3) is 3.88. The van der Waals surface area contributed by atoms with E-state index in [1.807, 2.05) is 20.3 Å². The van der Waals surface area contributed by atoms with Crippen molar-refractivity contribution in [1.29, 1.82) is 0 Å². The highest BCUT2D eigenvalue weighted by atomic mass is 16.3. The molecule has 3 aromatic heterocycles. The van der Waals surface area contributed by atoms with E-state index in [4.69, 9.17) is 4.42 Å². The van der Waals surface area contributed by atoms with E-state index in [0.29, 0.717) is 36.5 Å². The predicted octanol–water partition coefficient (Wildman–Crippen LogP) is 2.12. The number of aromatic nitrogens is 3. The van der Waals surface area contributed by atoms with Crippen LogP contribution in [0.2, 0.25) is 0 Å². The highest BCUT2D eigenvalue weighted by Crippen LogP contribution is 2.29. The number of imidazole rings is 1. The second-order valence-electron chi connectivity index (χ2n) is 8.68. The van der Waals surface area contributed by atoms with Gasteiger partial charge in [-0.3, -0.25) is 14.0 Å². The first-order valence-electron chi connectivity index (χ1n) is 11.2. The minimum absolute atomic E-state index is 0.00989. The van der Waals surface area contributed by atoms with Crippen molar-refractivity contribution >= 4 is 17.5 Å². The lowest BCUT2D eigenvalue weighted by atomic mass is 9.93. The van der Waals surface area contributed by atoms with E-state index in [1.54, 1.807) is 18.6 Å². The SMILES string of the molecule is CN1CCCN(C(=O)c2ncn3c(C4CCN(C(=O)c5ccoc5)CC4)ccnc23)CC1. The Balaban J connectivity index is 1.32. The van der Waals surface area contributed by atoms with Crippen molar-refractivity contribution in [2.24, 2.45) is 0 Å². The number of hydrogen-bond acceptors (Lipinski definition) is 6. The van der Waals surface area contributed by atoms with Crippen molar-refractivity contribution in [3.63, 3.8) is 0 Å². The number of rotatable bonds is 3. The van der Waals surface area contributed by atoms with Gasteiger partial charge in [0.05, 0.1) is 11.8 Å². The monoisotopic (exact) mass is 436 g/mol. The van der Waals surface area contributed by atoms with Gasteiger partial charge in [-0.15, -0.1) is 0 Å². The van der Waals surface area contributed by atoms with Gasteiger partial charge < -0.3 is 19.1 Å². The van der Waals surface area contributed by atoms with Gasteiger partial charge in [0.2, 0.25) is 0 Å². The van der Waals surface area contributed by atoms with Crippen LogP contribution in [0, 0.1) is 0 Å². The van der Waals surface area contributed by atoms with Crippen LogP contribution in [0.15, 0.2) is 41.6 Å². The van der Waals surface area contributed by atoms with E-state index in [0.717, 1.165) is 44.6 Å². The maximum Gasteiger partial charge on any atom is 0.276 e. The molecule has 0 spiro atoms. The minimum Gasteiger partial charge on any atom is -0.472 e. The summed E-state index contributed by atoms with van der Waals surface area (Å²) in [5, 5.41) is 0. The van der Waals surface area contributed by atoms with Crippen molar-refractivity contribution in [3.8, 4) is 0 Å². The highest BCUT2D eigenvalue weighted by molar-refractivity contribution is 5.98. The van der Waals surface area contributed by atoms with Gasteiger partial charge in [0, 0.05) is 50.5 Å². The normalized spacial score (nSPS) is 18.8. The molecule has 0 unspecified atom stereocenters.